The summed E-state index contributed by atoms with van der Waals surface area (Å²) in [6.45, 7) is 6.68. The Balaban J connectivity index is 1.96. The molecule has 0 saturated heterocycles. The van der Waals surface area contributed by atoms with Crippen molar-refractivity contribution in [3.63, 3.8) is 0 Å². The number of aryl methyl sites for hydroxylation is 1. The molecule has 0 aliphatic rings. The molecule has 1 N–H and O–H groups in total. The molecular weight excluding hydrogens is 404 g/mol. The van der Waals surface area contributed by atoms with Gasteiger partial charge in [-0.15, -0.1) is 11.8 Å². The number of hydrogen-bond acceptors (Lipinski definition) is 3. The van der Waals surface area contributed by atoms with Gasteiger partial charge in [0, 0.05) is 29.4 Å². The number of carbonyl (C=O) groups is 2. The van der Waals surface area contributed by atoms with Crippen LogP contribution in [0.5, 0.6) is 0 Å². The van der Waals surface area contributed by atoms with E-state index in [9.17, 15) is 9.59 Å². The minimum absolute atomic E-state index is 0.000958. The first kappa shape index (κ1) is 23.3. The largest absolute Gasteiger partial charge is 0.355 e. The Morgan fingerprint density at radius 3 is 2.38 bits per heavy atom. The first-order valence-corrected chi connectivity index (χ1v) is 11.3. The normalized spacial score (nSPS) is 11.7. The van der Waals surface area contributed by atoms with Crippen molar-refractivity contribution in [3.8, 4) is 0 Å². The molecule has 156 valence electrons. The van der Waals surface area contributed by atoms with Crippen molar-refractivity contribution in [2.24, 2.45) is 0 Å². The van der Waals surface area contributed by atoms with Crippen LogP contribution in [-0.4, -0.2) is 35.1 Å². The van der Waals surface area contributed by atoms with E-state index >= 15 is 0 Å². The molecule has 29 heavy (non-hydrogen) atoms. The lowest BCUT2D eigenvalue weighted by atomic mass is 10.1. The quantitative estimate of drug-likeness (QED) is 0.421. The molecule has 0 spiro atoms. The van der Waals surface area contributed by atoms with Crippen LogP contribution in [0.25, 0.3) is 0 Å². The van der Waals surface area contributed by atoms with Gasteiger partial charge in [0.1, 0.15) is 6.04 Å². The molecule has 2 rings (SSSR count). The molecule has 2 aromatic rings. The highest BCUT2D eigenvalue weighted by Crippen LogP contribution is 2.22. The number of benzene rings is 2. The molecule has 6 heteroatoms. The van der Waals surface area contributed by atoms with Gasteiger partial charge in [-0.25, -0.2) is 0 Å². The van der Waals surface area contributed by atoms with Crippen molar-refractivity contribution in [3.05, 3.63) is 64.7 Å². The van der Waals surface area contributed by atoms with Crippen LogP contribution in [0, 0.1) is 6.92 Å². The number of thioether (sulfide) groups is 1. The number of nitrogens with zero attached hydrogens (tertiary/aromatic N) is 1. The van der Waals surface area contributed by atoms with Crippen molar-refractivity contribution in [2.45, 2.75) is 51.1 Å². The van der Waals surface area contributed by atoms with Gasteiger partial charge in [0.05, 0.1) is 0 Å². The minimum Gasteiger partial charge on any atom is -0.355 e. The topological polar surface area (TPSA) is 49.4 Å². The summed E-state index contributed by atoms with van der Waals surface area (Å²) in [4.78, 5) is 28.1. The molecule has 0 bridgehead atoms. The lowest BCUT2D eigenvalue weighted by Gasteiger charge is -2.29. The highest BCUT2D eigenvalue weighted by atomic mass is 35.5. The Labute approximate surface area is 183 Å². The van der Waals surface area contributed by atoms with E-state index in [0.29, 0.717) is 19.5 Å². The molecule has 0 aromatic heterocycles. The average Bonchev–Trinajstić information content (AvgIpc) is 2.71. The van der Waals surface area contributed by atoms with Gasteiger partial charge < -0.3 is 10.2 Å². The van der Waals surface area contributed by atoms with Crippen molar-refractivity contribution in [1.29, 1.82) is 0 Å². The summed E-state index contributed by atoms with van der Waals surface area (Å²) in [5, 5.41) is 3.54. The van der Waals surface area contributed by atoms with Crippen LogP contribution < -0.4 is 5.32 Å². The number of halogens is 1. The van der Waals surface area contributed by atoms with E-state index in [1.165, 1.54) is 5.56 Å². The zero-order valence-electron chi connectivity index (χ0n) is 17.3. The number of hydrogen-bond donors (Lipinski definition) is 1. The summed E-state index contributed by atoms with van der Waals surface area (Å²) in [7, 11) is 0. The number of likely N-dealkylation sites (N-methyl/N-ethyl adjacent to an activating group) is 1. The summed E-state index contributed by atoms with van der Waals surface area (Å²) >= 11 is 7.61. The van der Waals surface area contributed by atoms with Gasteiger partial charge in [0.15, 0.2) is 0 Å². The predicted octanol–water partition coefficient (Wildman–Crippen LogP) is 5.07. The van der Waals surface area contributed by atoms with E-state index < -0.39 is 6.04 Å². The van der Waals surface area contributed by atoms with E-state index in [0.717, 1.165) is 27.7 Å². The molecule has 0 aliphatic carbocycles. The van der Waals surface area contributed by atoms with Gasteiger partial charge in [0.2, 0.25) is 11.8 Å². The van der Waals surface area contributed by atoms with Crippen LogP contribution in [-0.2, 0) is 16.1 Å². The Bertz CT molecular complexity index is 794. The fourth-order valence-corrected chi connectivity index (χ4v) is 3.86. The third-order valence-corrected chi connectivity index (χ3v) is 5.96. The zero-order chi connectivity index (χ0) is 21.2. The number of carbonyl (C=O) groups excluding carboxylic acids is 2. The van der Waals surface area contributed by atoms with Crippen LogP contribution in [0.1, 0.15) is 37.8 Å². The number of amides is 2. The van der Waals surface area contributed by atoms with E-state index in [1.54, 1.807) is 23.6 Å². The molecule has 0 radical (unpaired) electrons. The van der Waals surface area contributed by atoms with Crippen LogP contribution in [0.3, 0.4) is 0 Å². The average molecular weight is 433 g/mol. The van der Waals surface area contributed by atoms with Crippen LogP contribution >= 0.6 is 23.4 Å². The van der Waals surface area contributed by atoms with E-state index in [4.69, 9.17) is 11.6 Å². The standard InChI is InChI=1S/C23H29ClN2O2S/c1-4-25-23(28)18(3)26(16-19-9-7-17(2)8-10-19)22(27)6-5-15-29-21-13-11-20(24)12-14-21/h7-14,18H,4-6,15-16H2,1-3H3,(H,25,28). The highest BCUT2D eigenvalue weighted by Gasteiger charge is 2.25. The van der Waals surface area contributed by atoms with Crippen molar-refractivity contribution < 1.29 is 9.59 Å². The summed E-state index contributed by atoms with van der Waals surface area (Å²) < 4.78 is 0. The molecule has 0 fully saturated rings. The maximum absolute atomic E-state index is 12.9. The molecule has 0 heterocycles. The summed E-state index contributed by atoms with van der Waals surface area (Å²) in [5.41, 5.74) is 2.19. The SMILES string of the molecule is CCNC(=O)C(C)N(Cc1ccc(C)cc1)C(=O)CCCSc1ccc(Cl)cc1. The molecule has 2 aromatic carbocycles. The van der Waals surface area contributed by atoms with Gasteiger partial charge in [-0.3, -0.25) is 9.59 Å². The predicted molar refractivity (Wildman–Crippen MR) is 121 cm³/mol. The first-order valence-electron chi connectivity index (χ1n) is 9.91. The fourth-order valence-electron chi connectivity index (χ4n) is 2.88. The molecule has 2 amide bonds. The summed E-state index contributed by atoms with van der Waals surface area (Å²) in [5.74, 6) is 0.714. The van der Waals surface area contributed by atoms with Crippen molar-refractivity contribution in [2.75, 3.05) is 12.3 Å². The summed E-state index contributed by atoms with van der Waals surface area (Å²) in [6.07, 6.45) is 1.16. The number of rotatable bonds is 10. The third kappa shape index (κ3) is 7.75. The third-order valence-electron chi connectivity index (χ3n) is 4.61. The fraction of sp³-hybridized carbons (Fsp3) is 0.391. The Morgan fingerprint density at radius 2 is 1.76 bits per heavy atom. The minimum atomic E-state index is -0.507. The van der Waals surface area contributed by atoms with Crippen LogP contribution in [0.2, 0.25) is 5.02 Å². The van der Waals surface area contributed by atoms with E-state index in [-0.39, 0.29) is 11.8 Å². The van der Waals surface area contributed by atoms with Crippen LogP contribution in [0.4, 0.5) is 0 Å². The van der Waals surface area contributed by atoms with Crippen molar-refractivity contribution >= 4 is 35.2 Å². The van der Waals surface area contributed by atoms with Gasteiger partial charge >= 0.3 is 0 Å². The molecular formula is C23H29ClN2O2S. The lowest BCUT2D eigenvalue weighted by molar-refractivity contribution is -0.140. The Hall–Kier alpha value is -1.98. The monoisotopic (exact) mass is 432 g/mol. The second-order valence-electron chi connectivity index (χ2n) is 6.98. The van der Waals surface area contributed by atoms with E-state index in [1.807, 2.05) is 62.4 Å². The highest BCUT2D eigenvalue weighted by molar-refractivity contribution is 7.99. The van der Waals surface area contributed by atoms with Crippen LogP contribution in [0.15, 0.2) is 53.4 Å². The second-order valence-corrected chi connectivity index (χ2v) is 8.59. The molecule has 1 atom stereocenters. The lowest BCUT2D eigenvalue weighted by Crippen LogP contribution is -2.47. The number of nitrogens with one attached hydrogen (secondary N) is 1. The first-order chi connectivity index (χ1) is 13.9. The smallest absolute Gasteiger partial charge is 0.242 e. The Kier molecular flexibility index (Phi) is 9.55. The van der Waals surface area contributed by atoms with Gasteiger partial charge in [-0.1, -0.05) is 41.4 Å². The second kappa shape index (κ2) is 11.9. The van der Waals surface area contributed by atoms with Gasteiger partial charge in [-0.2, -0.15) is 0 Å². The maximum Gasteiger partial charge on any atom is 0.242 e. The summed E-state index contributed by atoms with van der Waals surface area (Å²) in [6, 6.07) is 15.3. The molecule has 0 aliphatic heterocycles. The van der Waals surface area contributed by atoms with Crippen molar-refractivity contribution in [1.82, 2.24) is 10.2 Å². The van der Waals surface area contributed by atoms with E-state index in [2.05, 4.69) is 5.32 Å². The molecule has 4 nitrogen and oxygen atoms in total. The molecule has 0 saturated carbocycles. The van der Waals surface area contributed by atoms with Gasteiger partial charge in [-0.05, 0) is 62.8 Å². The zero-order valence-corrected chi connectivity index (χ0v) is 18.9. The maximum atomic E-state index is 12.9. The Morgan fingerprint density at radius 1 is 1.10 bits per heavy atom. The molecule has 1 unspecified atom stereocenters. The van der Waals surface area contributed by atoms with Gasteiger partial charge in [0.25, 0.3) is 0 Å².